The van der Waals surface area contributed by atoms with Crippen LogP contribution in [0, 0.1) is 0 Å². The molecule has 0 aromatic heterocycles. The van der Waals surface area contributed by atoms with Crippen LogP contribution in [0.4, 0.5) is 0 Å². The normalized spacial score (nSPS) is 10.2. The number of unbranched alkanes of at least 4 members (excludes halogenated alkanes) is 9. The number of benzene rings is 1. The minimum Gasteiger partial charge on any atom is -0.478 e. The number of carboxylic acids is 1. The molecule has 2 nitrogen and oxygen atoms in total. The molecule has 1 N–H and O–H groups in total. The average Bonchev–Trinajstić information content (AvgIpc) is 2.49. The Morgan fingerprint density at radius 2 is 1.27 bits per heavy atom. The minimum atomic E-state index is -0.847. The van der Waals surface area contributed by atoms with E-state index in [1.165, 1.54) is 69.8 Å². The molecule has 22 heavy (non-hydrogen) atoms. The maximum Gasteiger partial charge on any atom is 0.335 e. The van der Waals surface area contributed by atoms with Crippen LogP contribution in [0.15, 0.2) is 24.3 Å². The van der Waals surface area contributed by atoms with Crippen LogP contribution in [0.2, 0.25) is 0 Å². The van der Waals surface area contributed by atoms with Crippen molar-refractivity contribution >= 4 is 5.97 Å². The van der Waals surface area contributed by atoms with Gasteiger partial charge in [-0.15, -0.1) is 0 Å². The number of carbonyl (C=O) groups is 1. The first-order valence-electron chi connectivity index (χ1n) is 8.56. The van der Waals surface area contributed by atoms with Crippen molar-refractivity contribution in [3.05, 3.63) is 35.4 Å². The minimum absolute atomic E-state index is 0. The van der Waals surface area contributed by atoms with Gasteiger partial charge in [0, 0.05) is 21.1 Å². The largest absolute Gasteiger partial charge is 0.478 e. The number of aryl methyl sites for hydroxylation is 1. The zero-order chi connectivity index (χ0) is 15.3. The van der Waals surface area contributed by atoms with Crippen molar-refractivity contribution in [3.63, 3.8) is 0 Å². The van der Waals surface area contributed by atoms with Gasteiger partial charge in [-0.3, -0.25) is 0 Å². The second-order valence-corrected chi connectivity index (χ2v) is 5.93. The summed E-state index contributed by atoms with van der Waals surface area (Å²) in [6.45, 7) is 2.26. The van der Waals surface area contributed by atoms with Crippen LogP contribution in [0.3, 0.4) is 0 Å². The summed E-state index contributed by atoms with van der Waals surface area (Å²) in [5.74, 6) is -0.847. The van der Waals surface area contributed by atoms with Gasteiger partial charge in [-0.25, -0.2) is 4.79 Å². The summed E-state index contributed by atoms with van der Waals surface area (Å²) in [6, 6.07) is 7.29. The quantitative estimate of drug-likeness (QED) is 0.362. The first kappa shape index (κ1) is 21.4. The van der Waals surface area contributed by atoms with Gasteiger partial charge in [0.2, 0.25) is 0 Å². The Hall–Kier alpha value is -0.622. The molecule has 0 fully saturated rings. The predicted molar refractivity (Wildman–Crippen MR) is 88.9 cm³/mol. The zero-order valence-corrected chi connectivity index (χ0v) is 15.9. The fourth-order valence-corrected chi connectivity index (χ4v) is 2.63. The second kappa shape index (κ2) is 14.0. The number of aromatic carboxylic acids is 1. The molecule has 1 aromatic carbocycles. The van der Waals surface area contributed by atoms with E-state index in [0.29, 0.717) is 5.56 Å². The van der Waals surface area contributed by atoms with Gasteiger partial charge in [0.1, 0.15) is 0 Å². The van der Waals surface area contributed by atoms with Gasteiger partial charge in [-0.1, -0.05) is 76.8 Å². The number of hydrogen-bond donors (Lipinski definition) is 1. The maximum atomic E-state index is 10.8. The summed E-state index contributed by atoms with van der Waals surface area (Å²) in [4.78, 5) is 10.8. The topological polar surface area (TPSA) is 37.3 Å². The smallest absolute Gasteiger partial charge is 0.335 e. The van der Waals surface area contributed by atoms with Crippen LogP contribution in [-0.4, -0.2) is 11.1 Å². The molecule has 1 aromatic rings. The molecule has 0 amide bonds. The van der Waals surface area contributed by atoms with Crippen LogP contribution in [0.1, 0.15) is 87.1 Å². The van der Waals surface area contributed by atoms with Crippen molar-refractivity contribution in [3.8, 4) is 0 Å². The first-order chi connectivity index (χ1) is 10.2. The molecule has 124 valence electrons. The van der Waals surface area contributed by atoms with E-state index >= 15 is 0 Å². The van der Waals surface area contributed by atoms with Gasteiger partial charge < -0.3 is 5.11 Å². The molecule has 0 atom stereocenters. The third kappa shape index (κ3) is 10.2. The molecule has 0 unspecified atom stereocenters. The molecular formula is C19H30MoO2. The van der Waals surface area contributed by atoms with Gasteiger partial charge in [-0.2, -0.15) is 0 Å². The molecule has 0 heterocycles. The van der Waals surface area contributed by atoms with E-state index < -0.39 is 5.97 Å². The Morgan fingerprint density at radius 3 is 1.73 bits per heavy atom. The van der Waals surface area contributed by atoms with Gasteiger partial charge in [0.25, 0.3) is 0 Å². The zero-order valence-electron chi connectivity index (χ0n) is 13.9. The predicted octanol–water partition coefficient (Wildman–Crippen LogP) is 5.85. The fraction of sp³-hybridized carbons (Fsp3) is 0.632. The molecule has 0 aliphatic carbocycles. The third-order valence-electron chi connectivity index (χ3n) is 4.02. The van der Waals surface area contributed by atoms with Crippen LogP contribution in [-0.2, 0) is 27.5 Å². The summed E-state index contributed by atoms with van der Waals surface area (Å²) < 4.78 is 0. The van der Waals surface area contributed by atoms with Crippen molar-refractivity contribution in [1.82, 2.24) is 0 Å². The monoisotopic (exact) mass is 388 g/mol. The van der Waals surface area contributed by atoms with Crippen molar-refractivity contribution in [2.45, 2.75) is 77.6 Å². The summed E-state index contributed by atoms with van der Waals surface area (Å²) in [5, 5.41) is 8.84. The van der Waals surface area contributed by atoms with Crippen molar-refractivity contribution < 1.29 is 31.0 Å². The van der Waals surface area contributed by atoms with E-state index in [1.807, 2.05) is 12.1 Å². The first-order valence-corrected chi connectivity index (χ1v) is 8.56. The molecule has 0 saturated heterocycles. The number of hydrogen-bond acceptors (Lipinski definition) is 1. The van der Waals surface area contributed by atoms with Gasteiger partial charge >= 0.3 is 5.97 Å². The molecule has 0 bridgehead atoms. The Morgan fingerprint density at radius 1 is 0.818 bits per heavy atom. The Kier molecular flexibility index (Phi) is 13.6. The van der Waals surface area contributed by atoms with Gasteiger partial charge in [0.15, 0.2) is 0 Å². The van der Waals surface area contributed by atoms with E-state index in [9.17, 15) is 4.79 Å². The third-order valence-corrected chi connectivity index (χ3v) is 4.02. The van der Waals surface area contributed by atoms with Crippen LogP contribution >= 0.6 is 0 Å². The molecule has 1 rings (SSSR count). The fourth-order valence-electron chi connectivity index (χ4n) is 2.63. The summed E-state index contributed by atoms with van der Waals surface area (Å²) >= 11 is 0. The van der Waals surface area contributed by atoms with E-state index in [4.69, 9.17) is 5.11 Å². The van der Waals surface area contributed by atoms with Crippen molar-refractivity contribution in [2.75, 3.05) is 0 Å². The molecule has 3 heteroatoms. The SMILES string of the molecule is CCCCCCCCCCCCc1ccc(C(=O)O)cc1.[Mo]. The molecular weight excluding hydrogens is 356 g/mol. The van der Waals surface area contributed by atoms with Crippen molar-refractivity contribution in [2.24, 2.45) is 0 Å². The van der Waals surface area contributed by atoms with Gasteiger partial charge in [-0.05, 0) is 30.5 Å². The Labute approximate surface area is 150 Å². The average molecular weight is 386 g/mol. The summed E-state index contributed by atoms with van der Waals surface area (Å²) in [6.07, 6.45) is 14.6. The Balaban J connectivity index is 0.00000441. The van der Waals surface area contributed by atoms with E-state index in [2.05, 4.69) is 6.92 Å². The van der Waals surface area contributed by atoms with Crippen LogP contribution in [0.25, 0.3) is 0 Å². The molecule has 0 spiro atoms. The summed E-state index contributed by atoms with van der Waals surface area (Å²) in [5.41, 5.74) is 1.63. The standard InChI is InChI=1S/C19H30O2.Mo/c1-2-3-4-5-6-7-8-9-10-11-12-17-13-15-18(16-14-17)19(20)21;/h13-16H,2-12H2,1H3,(H,20,21);. The molecule has 0 saturated carbocycles. The summed E-state index contributed by atoms with van der Waals surface area (Å²) in [7, 11) is 0. The number of carboxylic acid groups (broad SMARTS) is 1. The molecule has 0 aliphatic heterocycles. The van der Waals surface area contributed by atoms with Crippen molar-refractivity contribution in [1.29, 1.82) is 0 Å². The second-order valence-electron chi connectivity index (χ2n) is 5.93. The molecule has 0 radical (unpaired) electrons. The van der Waals surface area contributed by atoms with Crippen LogP contribution < -0.4 is 0 Å². The Bertz CT molecular complexity index is 387. The van der Waals surface area contributed by atoms with Crippen LogP contribution in [0.5, 0.6) is 0 Å². The van der Waals surface area contributed by atoms with E-state index in [0.717, 1.165) is 6.42 Å². The number of rotatable bonds is 12. The molecule has 0 aliphatic rings. The van der Waals surface area contributed by atoms with E-state index in [1.54, 1.807) is 12.1 Å². The maximum absolute atomic E-state index is 10.8. The van der Waals surface area contributed by atoms with Gasteiger partial charge in [0.05, 0.1) is 5.56 Å². The van der Waals surface area contributed by atoms with E-state index in [-0.39, 0.29) is 21.1 Å².